The van der Waals surface area contributed by atoms with Crippen LogP contribution in [0.1, 0.15) is 27.1 Å². The largest absolute Gasteiger partial charge is 0.492 e. The van der Waals surface area contributed by atoms with Gasteiger partial charge < -0.3 is 4.74 Å². The Hall–Kier alpha value is -2.13. The topological polar surface area (TPSA) is 43.4 Å². The summed E-state index contributed by atoms with van der Waals surface area (Å²) in [5, 5.41) is 0.363. The van der Waals surface area contributed by atoms with Crippen molar-refractivity contribution in [2.75, 3.05) is 6.61 Å². The Bertz CT molecular complexity index is 608. The van der Waals surface area contributed by atoms with Crippen molar-refractivity contribution in [1.29, 1.82) is 0 Å². The van der Waals surface area contributed by atoms with Crippen LogP contribution in [0, 0.1) is 0 Å². The number of aldehydes is 1. The van der Waals surface area contributed by atoms with Gasteiger partial charge in [-0.1, -0.05) is 41.9 Å². The molecule has 0 saturated carbocycles. The van der Waals surface area contributed by atoms with E-state index in [1.165, 1.54) is 6.07 Å². The lowest BCUT2D eigenvalue weighted by molar-refractivity contribution is 0.0962. The predicted octanol–water partition coefficient (Wildman–Crippen LogP) is 3.80. The van der Waals surface area contributed by atoms with Gasteiger partial charge in [-0.3, -0.25) is 9.59 Å². The molecule has 0 aliphatic heterocycles. The van der Waals surface area contributed by atoms with Gasteiger partial charge in [0.2, 0.25) is 0 Å². The first-order chi connectivity index (χ1) is 9.70. The molecule has 0 aliphatic rings. The molecule has 20 heavy (non-hydrogen) atoms. The predicted molar refractivity (Wildman–Crippen MR) is 77.7 cm³/mol. The highest BCUT2D eigenvalue weighted by Gasteiger charge is 2.07. The fraction of sp³-hybridized carbons (Fsp3) is 0.125. The third-order valence-corrected chi connectivity index (χ3v) is 3.07. The number of carbonyl (C=O) groups is 2. The molecule has 0 bridgehead atoms. The minimum absolute atomic E-state index is 0.0197. The van der Waals surface area contributed by atoms with Crippen LogP contribution < -0.4 is 4.74 Å². The van der Waals surface area contributed by atoms with Gasteiger partial charge in [0, 0.05) is 17.5 Å². The molecular formula is C16H13ClO3. The number of halogens is 1. The SMILES string of the molecule is O=Cc1ccc(OCCC(=O)c2ccccc2)c(Cl)c1. The lowest BCUT2D eigenvalue weighted by Gasteiger charge is -2.08. The van der Waals surface area contributed by atoms with Gasteiger partial charge >= 0.3 is 0 Å². The number of ketones is 1. The highest BCUT2D eigenvalue weighted by Crippen LogP contribution is 2.25. The number of ether oxygens (including phenoxy) is 1. The third kappa shape index (κ3) is 3.68. The van der Waals surface area contributed by atoms with Crippen molar-refractivity contribution < 1.29 is 14.3 Å². The van der Waals surface area contributed by atoms with E-state index >= 15 is 0 Å². The molecule has 0 saturated heterocycles. The van der Waals surface area contributed by atoms with E-state index in [1.54, 1.807) is 24.3 Å². The Morgan fingerprint density at radius 1 is 1.15 bits per heavy atom. The van der Waals surface area contributed by atoms with Crippen molar-refractivity contribution >= 4 is 23.7 Å². The molecule has 4 heteroatoms. The van der Waals surface area contributed by atoms with Crippen LogP contribution in [-0.2, 0) is 0 Å². The van der Waals surface area contributed by atoms with Gasteiger partial charge in [-0.2, -0.15) is 0 Å². The van der Waals surface area contributed by atoms with Crippen molar-refractivity contribution in [3.63, 3.8) is 0 Å². The molecule has 0 fully saturated rings. The molecule has 2 aromatic rings. The van der Waals surface area contributed by atoms with Crippen molar-refractivity contribution in [3.05, 3.63) is 64.7 Å². The lowest BCUT2D eigenvalue weighted by atomic mass is 10.1. The minimum Gasteiger partial charge on any atom is -0.492 e. The summed E-state index contributed by atoms with van der Waals surface area (Å²) in [6.07, 6.45) is 0.990. The number of rotatable bonds is 6. The second kappa shape index (κ2) is 6.87. The summed E-state index contributed by atoms with van der Waals surface area (Å²) in [5.41, 5.74) is 1.15. The van der Waals surface area contributed by atoms with E-state index in [9.17, 15) is 9.59 Å². The Morgan fingerprint density at radius 2 is 1.90 bits per heavy atom. The molecular weight excluding hydrogens is 276 g/mol. The fourth-order valence-corrected chi connectivity index (χ4v) is 1.97. The number of hydrogen-bond acceptors (Lipinski definition) is 3. The van der Waals surface area contributed by atoms with Gasteiger partial charge in [0.25, 0.3) is 0 Å². The summed E-state index contributed by atoms with van der Waals surface area (Å²) >= 11 is 5.97. The van der Waals surface area contributed by atoms with Gasteiger partial charge in [-0.25, -0.2) is 0 Å². The zero-order valence-corrected chi connectivity index (χ0v) is 11.5. The Morgan fingerprint density at radius 3 is 2.55 bits per heavy atom. The molecule has 0 unspecified atom stereocenters. The van der Waals surface area contributed by atoms with Crippen LogP contribution in [0.2, 0.25) is 5.02 Å². The number of Topliss-reactive ketones (excluding diaryl/α,β-unsaturated/α-hetero) is 1. The molecule has 3 nitrogen and oxygen atoms in total. The second-order valence-electron chi connectivity index (χ2n) is 4.20. The molecule has 0 N–H and O–H groups in total. The normalized spacial score (nSPS) is 10.1. The van der Waals surface area contributed by atoms with Crippen LogP contribution >= 0.6 is 11.6 Å². The zero-order valence-electron chi connectivity index (χ0n) is 10.7. The lowest BCUT2D eigenvalue weighted by Crippen LogP contribution is -2.06. The van der Waals surface area contributed by atoms with E-state index < -0.39 is 0 Å². The van der Waals surface area contributed by atoms with Crippen LogP contribution in [0.15, 0.2) is 48.5 Å². The highest BCUT2D eigenvalue weighted by atomic mass is 35.5. The van der Waals surface area contributed by atoms with Crippen LogP contribution in [0.3, 0.4) is 0 Å². The molecule has 2 aromatic carbocycles. The summed E-state index contributed by atoms with van der Waals surface area (Å²) < 4.78 is 5.46. The summed E-state index contributed by atoms with van der Waals surface area (Å²) in [6.45, 7) is 0.244. The third-order valence-electron chi connectivity index (χ3n) is 2.77. The number of carbonyl (C=O) groups excluding carboxylic acids is 2. The average Bonchev–Trinajstić information content (AvgIpc) is 2.49. The van der Waals surface area contributed by atoms with Crippen LogP contribution in [0.5, 0.6) is 5.75 Å². The highest BCUT2D eigenvalue weighted by molar-refractivity contribution is 6.32. The molecule has 0 spiro atoms. The quantitative estimate of drug-likeness (QED) is 0.600. The number of hydrogen-bond donors (Lipinski definition) is 0. The Kier molecular flexibility index (Phi) is 4.91. The van der Waals surface area contributed by atoms with Crippen molar-refractivity contribution in [1.82, 2.24) is 0 Å². The zero-order chi connectivity index (χ0) is 14.4. The molecule has 0 aromatic heterocycles. The summed E-state index contributed by atoms with van der Waals surface area (Å²) in [6, 6.07) is 13.8. The summed E-state index contributed by atoms with van der Waals surface area (Å²) in [5.74, 6) is 0.490. The first kappa shape index (κ1) is 14.3. The molecule has 2 rings (SSSR count). The van der Waals surface area contributed by atoms with E-state index in [4.69, 9.17) is 16.3 Å². The van der Waals surface area contributed by atoms with Crippen LogP contribution in [0.4, 0.5) is 0 Å². The average molecular weight is 289 g/mol. The molecule has 0 aliphatic carbocycles. The van der Waals surface area contributed by atoms with E-state index in [0.717, 1.165) is 0 Å². The second-order valence-corrected chi connectivity index (χ2v) is 4.60. The maximum Gasteiger partial charge on any atom is 0.166 e. The van der Waals surface area contributed by atoms with E-state index in [-0.39, 0.29) is 18.8 Å². The van der Waals surface area contributed by atoms with Crippen LogP contribution in [0.25, 0.3) is 0 Å². The Balaban J connectivity index is 1.90. The van der Waals surface area contributed by atoms with Gasteiger partial charge in [0.1, 0.15) is 12.0 Å². The van der Waals surface area contributed by atoms with Crippen LogP contribution in [-0.4, -0.2) is 18.7 Å². The molecule has 0 atom stereocenters. The standard InChI is InChI=1S/C16H13ClO3/c17-14-10-12(11-18)6-7-16(14)20-9-8-15(19)13-4-2-1-3-5-13/h1-7,10-11H,8-9H2. The van der Waals surface area contributed by atoms with Crippen molar-refractivity contribution in [2.45, 2.75) is 6.42 Å². The van der Waals surface area contributed by atoms with Gasteiger partial charge in [-0.05, 0) is 18.2 Å². The van der Waals surface area contributed by atoms with E-state index in [1.807, 2.05) is 18.2 Å². The molecule has 0 radical (unpaired) electrons. The monoisotopic (exact) mass is 288 g/mol. The first-order valence-electron chi connectivity index (χ1n) is 6.16. The maximum atomic E-state index is 11.9. The van der Waals surface area contributed by atoms with Gasteiger partial charge in [0.05, 0.1) is 11.6 Å². The molecule has 102 valence electrons. The smallest absolute Gasteiger partial charge is 0.166 e. The van der Waals surface area contributed by atoms with E-state index in [2.05, 4.69) is 0 Å². The van der Waals surface area contributed by atoms with Crippen molar-refractivity contribution in [2.24, 2.45) is 0 Å². The first-order valence-corrected chi connectivity index (χ1v) is 6.54. The number of benzene rings is 2. The van der Waals surface area contributed by atoms with Gasteiger partial charge in [-0.15, -0.1) is 0 Å². The summed E-state index contributed by atoms with van der Waals surface area (Å²) in [4.78, 5) is 22.4. The molecule has 0 amide bonds. The maximum absolute atomic E-state index is 11.9. The van der Waals surface area contributed by atoms with Crippen molar-refractivity contribution in [3.8, 4) is 5.75 Å². The fourth-order valence-electron chi connectivity index (χ4n) is 1.73. The molecule has 0 heterocycles. The summed E-state index contributed by atoms with van der Waals surface area (Å²) in [7, 11) is 0. The minimum atomic E-state index is 0.0197. The van der Waals surface area contributed by atoms with Gasteiger partial charge in [0.15, 0.2) is 5.78 Å². The Labute approximate surface area is 122 Å². The van der Waals surface area contributed by atoms with E-state index in [0.29, 0.717) is 28.2 Å².